The van der Waals surface area contributed by atoms with Crippen LogP contribution < -0.4 is 0 Å². The molecule has 0 bridgehead atoms. The summed E-state index contributed by atoms with van der Waals surface area (Å²) in [4.78, 5) is 21.6. The van der Waals surface area contributed by atoms with Crippen molar-refractivity contribution in [3.05, 3.63) is 60.2 Å². The van der Waals surface area contributed by atoms with E-state index in [1.165, 1.54) is 17.3 Å². The van der Waals surface area contributed by atoms with E-state index in [2.05, 4.69) is 44.8 Å². The molecule has 140 valence electrons. The first kappa shape index (κ1) is 18.1. The van der Waals surface area contributed by atoms with Crippen LogP contribution >= 0.6 is 11.8 Å². The van der Waals surface area contributed by atoms with Crippen LogP contribution in [-0.2, 0) is 18.4 Å². The third kappa shape index (κ3) is 4.17. The highest BCUT2D eigenvalue weighted by Crippen LogP contribution is 2.23. The fourth-order valence-electron chi connectivity index (χ4n) is 3.47. The molecule has 27 heavy (non-hydrogen) atoms. The third-order valence-corrected chi connectivity index (χ3v) is 6.06. The summed E-state index contributed by atoms with van der Waals surface area (Å²) in [5.74, 6) is 0.641. The lowest BCUT2D eigenvalue weighted by Crippen LogP contribution is -2.48. The van der Waals surface area contributed by atoms with Gasteiger partial charge in [0.25, 0.3) is 0 Å². The Morgan fingerprint density at radius 2 is 1.70 bits per heavy atom. The average molecular weight is 381 g/mol. The van der Waals surface area contributed by atoms with E-state index in [1.807, 2.05) is 36.2 Å². The molecule has 2 heterocycles. The average Bonchev–Trinajstić information content (AvgIpc) is 3.03. The highest BCUT2D eigenvalue weighted by Gasteiger charge is 2.21. The Morgan fingerprint density at radius 1 is 1.00 bits per heavy atom. The molecule has 1 saturated heterocycles. The summed E-state index contributed by atoms with van der Waals surface area (Å²) in [6.45, 7) is 4.41. The minimum absolute atomic E-state index is 0.200. The van der Waals surface area contributed by atoms with Crippen LogP contribution in [0.15, 0.2) is 59.8 Å². The Kier molecular flexibility index (Phi) is 5.45. The van der Waals surface area contributed by atoms with Gasteiger partial charge in [0, 0.05) is 39.8 Å². The number of hydrogen-bond donors (Lipinski definition) is 0. The van der Waals surface area contributed by atoms with Crippen molar-refractivity contribution < 1.29 is 4.79 Å². The molecular formula is C21H24N4OS. The topological polar surface area (TPSA) is 41.4 Å². The van der Waals surface area contributed by atoms with Crippen LogP contribution in [0, 0.1) is 0 Å². The van der Waals surface area contributed by atoms with Crippen molar-refractivity contribution in [2.24, 2.45) is 7.05 Å². The summed E-state index contributed by atoms with van der Waals surface area (Å²) in [6, 6.07) is 18.6. The van der Waals surface area contributed by atoms with Gasteiger partial charge >= 0.3 is 0 Å². The van der Waals surface area contributed by atoms with E-state index < -0.39 is 0 Å². The summed E-state index contributed by atoms with van der Waals surface area (Å²) < 4.78 is 2.06. The number of carbonyl (C=O) groups is 1. The molecule has 0 unspecified atom stereocenters. The van der Waals surface area contributed by atoms with Gasteiger partial charge < -0.3 is 9.47 Å². The molecule has 0 radical (unpaired) electrons. The van der Waals surface area contributed by atoms with Crippen molar-refractivity contribution in [2.45, 2.75) is 11.7 Å². The summed E-state index contributed by atoms with van der Waals surface area (Å²) in [5.41, 5.74) is 3.40. The number of imidazole rings is 1. The second kappa shape index (κ2) is 8.15. The van der Waals surface area contributed by atoms with Gasteiger partial charge in [0.1, 0.15) is 0 Å². The number of fused-ring (bicyclic) bond motifs is 1. The second-order valence-corrected chi connectivity index (χ2v) is 7.82. The van der Waals surface area contributed by atoms with Gasteiger partial charge in [-0.15, -0.1) is 0 Å². The third-order valence-electron chi connectivity index (χ3n) is 5.04. The molecule has 1 aromatic heterocycles. The van der Waals surface area contributed by atoms with Crippen LogP contribution in [0.3, 0.4) is 0 Å². The Balaban J connectivity index is 1.28. The number of benzene rings is 2. The predicted octanol–water partition coefficient (Wildman–Crippen LogP) is 3.01. The number of aromatic nitrogens is 2. The molecule has 5 nitrogen and oxygen atoms in total. The Labute approximate surface area is 164 Å². The molecule has 1 aliphatic heterocycles. The maximum Gasteiger partial charge on any atom is 0.233 e. The summed E-state index contributed by atoms with van der Waals surface area (Å²) in [6.07, 6.45) is 0. The highest BCUT2D eigenvalue weighted by molar-refractivity contribution is 7.99. The summed E-state index contributed by atoms with van der Waals surface area (Å²) in [7, 11) is 2.00. The van der Waals surface area contributed by atoms with Gasteiger partial charge in [-0.1, -0.05) is 54.2 Å². The van der Waals surface area contributed by atoms with Gasteiger partial charge in [-0.05, 0) is 17.7 Å². The van der Waals surface area contributed by atoms with Crippen LogP contribution in [0.25, 0.3) is 11.0 Å². The number of hydrogen-bond acceptors (Lipinski definition) is 4. The minimum Gasteiger partial charge on any atom is -0.339 e. The SMILES string of the molecule is Cn1c(SCC(=O)N2CCN(Cc3ccccc3)CC2)nc2ccccc21. The molecule has 2 aromatic carbocycles. The van der Waals surface area contributed by atoms with Crippen LogP contribution in [0.5, 0.6) is 0 Å². The zero-order chi connectivity index (χ0) is 18.6. The molecule has 1 fully saturated rings. The van der Waals surface area contributed by atoms with E-state index in [-0.39, 0.29) is 5.91 Å². The van der Waals surface area contributed by atoms with E-state index >= 15 is 0 Å². The number of aryl methyl sites for hydroxylation is 1. The van der Waals surface area contributed by atoms with Crippen molar-refractivity contribution in [1.29, 1.82) is 0 Å². The number of thioether (sulfide) groups is 1. The van der Waals surface area contributed by atoms with Crippen LogP contribution in [0.2, 0.25) is 0 Å². The highest BCUT2D eigenvalue weighted by atomic mass is 32.2. The summed E-state index contributed by atoms with van der Waals surface area (Å²) in [5, 5.41) is 0.896. The van der Waals surface area contributed by atoms with Crippen LogP contribution in [0.1, 0.15) is 5.56 Å². The van der Waals surface area contributed by atoms with Crippen molar-refractivity contribution in [3.8, 4) is 0 Å². The molecule has 0 spiro atoms. The lowest BCUT2D eigenvalue weighted by molar-refractivity contribution is -0.130. The standard InChI is InChI=1S/C21H24N4OS/c1-23-19-10-6-5-9-18(19)22-21(23)27-16-20(26)25-13-11-24(12-14-25)15-17-7-3-2-4-8-17/h2-10H,11-16H2,1H3. The van der Waals surface area contributed by atoms with E-state index in [0.29, 0.717) is 5.75 Å². The lowest BCUT2D eigenvalue weighted by Gasteiger charge is -2.34. The van der Waals surface area contributed by atoms with Gasteiger partial charge in [-0.25, -0.2) is 4.98 Å². The van der Waals surface area contributed by atoms with Gasteiger partial charge in [-0.2, -0.15) is 0 Å². The zero-order valence-electron chi connectivity index (χ0n) is 15.5. The fraction of sp³-hybridized carbons (Fsp3) is 0.333. The smallest absolute Gasteiger partial charge is 0.233 e. The van der Waals surface area contributed by atoms with E-state index in [9.17, 15) is 4.79 Å². The number of rotatable bonds is 5. The number of nitrogens with zero attached hydrogens (tertiary/aromatic N) is 4. The summed E-state index contributed by atoms with van der Waals surface area (Å²) >= 11 is 1.52. The van der Waals surface area contributed by atoms with Crippen molar-refractivity contribution in [2.75, 3.05) is 31.9 Å². The molecular weight excluding hydrogens is 356 g/mol. The second-order valence-electron chi connectivity index (χ2n) is 6.87. The van der Waals surface area contributed by atoms with Crippen molar-refractivity contribution >= 4 is 28.7 Å². The molecule has 0 saturated carbocycles. The number of piperazine rings is 1. The zero-order valence-corrected chi connectivity index (χ0v) is 16.4. The van der Waals surface area contributed by atoms with Gasteiger partial charge in [-0.3, -0.25) is 9.69 Å². The minimum atomic E-state index is 0.200. The molecule has 1 amide bonds. The monoisotopic (exact) mass is 380 g/mol. The van der Waals surface area contributed by atoms with Crippen LogP contribution in [-0.4, -0.2) is 57.2 Å². The molecule has 0 N–H and O–H groups in total. The van der Waals surface area contributed by atoms with Gasteiger partial charge in [0.2, 0.25) is 5.91 Å². The van der Waals surface area contributed by atoms with E-state index in [1.54, 1.807) is 0 Å². The molecule has 4 rings (SSSR count). The van der Waals surface area contributed by atoms with Crippen molar-refractivity contribution in [1.82, 2.24) is 19.4 Å². The number of carbonyl (C=O) groups excluding carboxylic acids is 1. The van der Waals surface area contributed by atoms with Crippen molar-refractivity contribution in [3.63, 3.8) is 0 Å². The maximum absolute atomic E-state index is 12.6. The van der Waals surface area contributed by atoms with E-state index in [0.717, 1.165) is 48.9 Å². The largest absolute Gasteiger partial charge is 0.339 e. The van der Waals surface area contributed by atoms with E-state index in [4.69, 9.17) is 0 Å². The fourth-order valence-corrected chi connectivity index (χ4v) is 4.36. The Morgan fingerprint density at radius 3 is 2.44 bits per heavy atom. The Bertz CT molecular complexity index is 916. The molecule has 0 atom stereocenters. The molecule has 1 aliphatic rings. The number of amides is 1. The number of para-hydroxylation sites is 2. The van der Waals surface area contributed by atoms with Crippen LogP contribution in [0.4, 0.5) is 0 Å². The molecule has 0 aliphatic carbocycles. The Hall–Kier alpha value is -2.31. The lowest BCUT2D eigenvalue weighted by atomic mass is 10.2. The normalized spacial score (nSPS) is 15.4. The van der Waals surface area contributed by atoms with Gasteiger partial charge in [0.15, 0.2) is 5.16 Å². The first-order chi connectivity index (χ1) is 13.2. The molecule has 6 heteroatoms. The first-order valence-electron chi connectivity index (χ1n) is 9.29. The molecule has 3 aromatic rings. The van der Waals surface area contributed by atoms with Gasteiger partial charge in [0.05, 0.1) is 16.8 Å². The maximum atomic E-state index is 12.6. The quantitative estimate of drug-likeness (QED) is 0.638. The first-order valence-corrected chi connectivity index (χ1v) is 10.3. The predicted molar refractivity (Wildman–Crippen MR) is 110 cm³/mol.